The normalized spacial score (nSPS) is 18.1. The van der Waals surface area contributed by atoms with Crippen molar-refractivity contribution in [2.24, 2.45) is 11.7 Å². The summed E-state index contributed by atoms with van der Waals surface area (Å²) < 4.78 is 1.91. The molecule has 1 heterocycles. The predicted molar refractivity (Wildman–Crippen MR) is 72.5 cm³/mol. The van der Waals surface area contributed by atoms with E-state index in [2.05, 4.69) is 23.3 Å². The Morgan fingerprint density at radius 1 is 1.11 bits per heavy atom. The number of para-hydroxylation sites is 1. The SMILES string of the molecule is NC(c1ccn(-c2ccccc2)n1)C1CCCC1. The first-order valence-corrected chi connectivity index (χ1v) is 6.71. The minimum absolute atomic E-state index is 0.0949. The molecule has 1 unspecified atom stereocenters. The molecule has 1 aromatic heterocycles. The molecule has 1 atom stereocenters. The third-order valence-corrected chi connectivity index (χ3v) is 3.88. The third kappa shape index (κ3) is 2.18. The number of hydrogen-bond acceptors (Lipinski definition) is 2. The fourth-order valence-corrected chi connectivity index (χ4v) is 2.80. The Morgan fingerprint density at radius 3 is 2.56 bits per heavy atom. The van der Waals surface area contributed by atoms with Gasteiger partial charge in [-0.15, -0.1) is 0 Å². The van der Waals surface area contributed by atoms with Gasteiger partial charge in [0.15, 0.2) is 0 Å². The minimum Gasteiger partial charge on any atom is -0.322 e. The van der Waals surface area contributed by atoms with E-state index in [1.807, 2.05) is 29.1 Å². The van der Waals surface area contributed by atoms with Gasteiger partial charge in [-0.1, -0.05) is 31.0 Å². The van der Waals surface area contributed by atoms with Crippen LogP contribution in [0.15, 0.2) is 42.6 Å². The Morgan fingerprint density at radius 2 is 1.83 bits per heavy atom. The highest BCUT2D eigenvalue weighted by Gasteiger charge is 2.24. The van der Waals surface area contributed by atoms with Crippen LogP contribution in [0.1, 0.15) is 37.4 Å². The molecule has 0 spiro atoms. The molecule has 0 saturated heterocycles. The van der Waals surface area contributed by atoms with Gasteiger partial charge in [0, 0.05) is 6.20 Å². The Hall–Kier alpha value is -1.61. The van der Waals surface area contributed by atoms with Crippen molar-refractivity contribution in [2.75, 3.05) is 0 Å². The monoisotopic (exact) mass is 241 g/mol. The van der Waals surface area contributed by atoms with E-state index in [0.29, 0.717) is 5.92 Å². The zero-order valence-corrected chi connectivity index (χ0v) is 10.5. The number of aromatic nitrogens is 2. The lowest BCUT2D eigenvalue weighted by molar-refractivity contribution is 0.435. The van der Waals surface area contributed by atoms with Crippen LogP contribution in [0, 0.1) is 5.92 Å². The molecule has 0 radical (unpaired) electrons. The number of rotatable bonds is 3. The average Bonchev–Trinajstić information content (AvgIpc) is 3.10. The molecule has 1 saturated carbocycles. The van der Waals surface area contributed by atoms with Crippen molar-refractivity contribution < 1.29 is 0 Å². The van der Waals surface area contributed by atoms with Crippen molar-refractivity contribution in [2.45, 2.75) is 31.7 Å². The molecule has 1 fully saturated rings. The third-order valence-electron chi connectivity index (χ3n) is 3.88. The maximum atomic E-state index is 6.32. The highest BCUT2D eigenvalue weighted by atomic mass is 15.3. The maximum absolute atomic E-state index is 6.32. The lowest BCUT2D eigenvalue weighted by atomic mass is 9.96. The summed E-state index contributed by atoms with van der Waals surface area (Å²) in [6.07, 6.45) is 7.13. The van der Waals surface area contributed by atoms with Crippen LogP contribution in [-0.2, 0) is 0 Å². The Labute approximate surface area is 108 Å². The summed E-state index contributed by atoms with van der Waals surface area (Å²) in [7, 11) is 0. The van der Waals surface area contributed by atoms with Gasteiger partial charge < -0.3 is 5.73 Å². The van der Waals surface area contributed by atoms with Crippen LogP contribution in [-0.4, -0.2) is 9.78 Å². The molecule has 18 heavy (non-hydrogen) atoms. The van der Waals surface area contributed by atoms with Gasteiger partial charge in [0.25, 0.3) is 0 Å². The second-order valence-electron chi connectivity index (χ2n) is 5.09. The van der Waals surface area contributed by atoms with Gasteiger partial charge in [-0.3, -0.25) is 0 Å². The zero-order chi connectivity index (χ0) is 12.4. The van der Waals surface area contributed by atoms with Gasteiger partial charge in [-0.2, -0.15) is 5.10 Å². The van der Waals surface area contributed by atoms with Crippen molar-refractivity contribution in [3.8, 4) is 5.69 Å². The number of nitrogens with zero attached hydrogens (tertiary/aromatic N) is 2. The first kappa shape index (κ1) is 11.5. The summed E-state index contributed by atoms with van der Waals surface area (Å²) in [5.41, 5.74) is 8.42. The van der Waals surface area contributed by atoms with Crippen molar-refractivity contribution in [3.05, 3.63) is 48.3 Å². The molecular formula is C15H19N3. The van der Waals surface area contributed by atoms with Gasteiger partial charge >= 0.3 is 0 Å². The van der Waals surface area contributed by atoms with Crippen molar-refractivity contribution in [3.63, 3.8) is 0 Å². The number of hydrogen-bond donors (Lipinski definition) is 1. The van der Waals surface area contributed by atoms with Crippen LogP contribution in [0.4, 0.5) is 0 Å². The molecule has 0 aliphatic heterocycles. The summed E-state index contributed by atoms with van der Waals surface area (Å²) in [4.78, 5) is 0. The Bertz CT molecular complexity index is 497. The molecule has 3 nitrogen and oxygen atoms in total. The van der Waals surface area contributed by atoms with E-state index in [-0.39, 0.29) is 6.04 Å². The summed E-state index contributed by atoms with van der Waals surface area (Å²) in [6.45, 7) is 0. The van der Waals surface area contributed by atoms with Gasteiger partial charge in [0.05, 0.1) is 17.4 Å². The van der Waals surface area contributed by atoms with Gasteiger partial charge in [-0.05, 0) is 37.0 Å². The molecule has 0 amide bonds. The van der Waals surface area contributed by atoms with Crippen LogP contribution < -0.4 is 5.73 Å². The van der Waals surface area contributed by atoms with Crippen molar-refractivity contribution in [1.82, 2.24) is 9.78 Å². The fraction of sp³-hybridized carbons (Fsp3) is 0.400. The molecule has 1 aromatic carbocycles. The second-order valence-corrected chi connectivity index (χ2v) is 5.09. The lowest BCUT2D eigenvalue weighted by Gasteiger charge is -2.16. The lowest BCUT2D eigenvalue weighted by Crippen LogP contribution is -2.19. The second kappa shape index (κ2) is 4.94. The first-order valence-electron chi connectivity index (χ1n) is 6.71. The summed E-state index contributed by atoms with van der Waals surface area (Å²) in [5.74, 6) is 0.615. The quantitative estimate of drug-likeness (QED) is 0.897. The van der Waals surface area contributed by atoms with E-state index in [1.54, 1.807) is 0 Å². The maximum Gasteiger partial charge on any atom is 0.0799 e. The van der Waals surface area contributed by atoms with E-state index < -0.39 is 0 Å². The van der Waals surface area contributed by atoms with Gasteiger partial charge in [-0.25, -0.2) is 4.68 Å². The standard InChI is InChI=1S/C15H19N3/c16-15(12-6-4-5-7-12)14-10-11-18(17-14)13-8-2-1-3-9-13/h1-3,8-12,15H,4-7,16H2. The van der Waals surface area contributed by atoms with E-state index in [4.69, 9.17) is 5.73 Å². The summed E-state index contributed by atoms with van der Waals surface area (Å²) in [5, 5.41) is 4.62. The highest BCUT2D eigenvalue weighted by Crippen LogP contribution is 2.33. The largest absolute Gasteiger partial charge is 0.322 e. The first-order chi connectivity index (χ1) is 8.84. The zero-order valence-electron chi connectivity index (χ0n) is 10.5. The smallest absolute Gasteiger partial charge is 0.0799 e. The van der Waals surface area contributed by atoms with Crippen molar-refractivity contribution in [1.29, 1.82) is 0 Å². The molecular weight excluding hydrogens is 222 g/mol. The van der Waals surface area contributed by atoms with Crippen molar-refractivity contribution >= 4 is 0 Å². The van der Waals surface area contributed by atoms with Gasteiger partial charge in [0.1, 0.15) is 0 Å². The van der Waals surface area contributed by atoms with E-state index in [1.165, 1.54) is 25.7 Å². The Balaban J connectivity index is 1.81. The molecule has 3 rings (SSSR count). The van der Waals surface area contributed by atoms with E-state index in [0.717, 1.165) is 11.4 Å². The predicted octanol–water partition coefficient (Wildman–Crippen LogP) is 3.06. The Kier molecular flexibility index (Phi) is 3.15. The average molecular weight is 241 g/mol. The van der Waals surface area contributed by atoms with Crippen LogP contribution in [0.25, 0.3) is 5.69 Å². The van der Waals surface area contributed by atoms with E-state index >= 15 is 0 Å². The number of benzene rings is 1. The molecule has 0 bridgehead atoms. The summed E-state index contributed by atoms with van der Waals surface area (Å²) >= 11 is 0. The highest BCUT2D eigenvalue weighted by molar-refractivity contribution is 5.30. The minimum atomic E-state index is 0.0949. The topological polar surface area (TPSA) is 43.8 Å². The van der Waals surface area contributed by atoms with E-state index in [9.17, 15) is 0 Å². The van der Waals surface area contributed by atoms with Crippen LogP contribution in [0.5, 0.6) is 0 Å². The summed E-state index contributed by atoms with van der Waals surface area (Å²) in [6, 6.07) is 12.3. The molecule has 94 valence electrons. The van der Waals surface area contributed by atoms with Gasteiger partial charge in [0.2, 0.25) is 0 Å². The van der Waals surface area contributed by atoms with Crippen LogP contribution in [0.3, 0.4) is 0 Å². The molecule has 2 N–H and O–H groups in total. The van der Waals surface area contributed by atoms with Crippen LogP contribution in [0.2, 0.25) is 0 Å². The molecule has 2 aromatic rings. The van der Waals surface area contributed by atoms with Crippen LogP contribution >= 0.6 is 0 Å². The fourth-order valence-electron chi connectivity index (χ4n) is 2.80. The number of nitrogens with two attached hydrogens (primary N) is 1. The molecule has 1 aliphatic rings. The molecule has 3 heteroatoms. The molecule has 1 aliphatic carbocycles.